The first-order valence-corrected chi connectivity index (χ1v) is 7.99. The van der Waals surface area contributed by atoms with Crippen LogP contribution >= 0.6 is 0 Å². The molecule has 1 aliphatic heterocycles. The molecule has 120 valence electrons. The zero-order valence-electron chi connectivity index (χ0n) is 13.5. The highest BCUT2D eigenvalue weighted by atomic mass is 16.5. The van der Waals surface area contributed by atoms with E-state index in [0.717, 1.165) is 30.8 Å². The molecule has 0 aliphatic carbocycles. The van der Waals surface area contributed by atoms with Crippen molar-refractivity contribution in [2.24, 2.45) is 0 Å². The number of methoxy groups -OCH3 is 1. The normalized spacial score (nSPS) is 13.0. The fourth-order valence-corrected chi connectivity index (χ4v) is 3.07. The van der Waals surface area contributed by atoms with Crippen molar-refractivity contribution >= 4 is 11.5 Å². The Morgan fingerprint density at radius 1 is 1.04 bits per heavy atom. The standard InChI is InChI=1S/C19H18N4O/c1-24-19-21-12-15(13-22-19)10-14-6-8-20-18(11-14)23-9-7-16-4-2-3-5-17(16)23/h2-6,8,11-13H,7,9-10H2,1H3. The van der Waals surface area contributed by atoms with E-state index in [4.69, 9.17) is 4.74 Å². The minimum atomic E-state index is 0.392. The van der Waals surface area contributed by atoms with Crippen LogP contribution in [0.3, 0.4) is 0 Å². The molecule has 0 radical (unpaired) electrons. The molecule has 4 rings (SSSR count). The Hall–Kier alpha value is -2.95. The van der Waals surface area contributed by atoms with Gasteiger partial charge in [-0.3, -0.25) is 0 Å². The number of hydrogen-bond acceptors (Lipinski definition) is 5. The quantitative estimate of drug-likeness (QED) is 0.739. The van der Waals surface area contributed by atoms with Crippen LogP contribution < -0.4 is 9.64 Å². The van der Waals surface area contributed by atoms with Gasteiger partial charge in [-0.05, 0) is 41.3 Å². The Morgan fingerprint density at radius 2 is 1.88 bits per heavy atom. The molecule has 0 bridgehead atoms. The smallest absolute Gasteiger partial charge is 0.316 e. The van der Waals surface area contributed by atoms with Crippen LogP contribution in [-0.4, -0.2) is 28.6 Å². The molecule has 3 heterocycles. The van der Waals surface area contributed by atoms with E-state index in [1.807, 2.05) is 12.3 Å². The zero-order chi connectivity index (χ0) is 16.4. The second kappa shape index (κ2) is 6.28. The highest BCUT2D eigenvalue weighted by Gasteiger charge is 2.20. The number of nitrogens with zero attached hydrogens (tertiary/aromatic N) is 4. The molecule has 0 unspecified atom stereocenters. The molecule has 0 fully saturated rings. The van der Waals surface area contributed by atoms with Crippen LogP contribution in [0.4, 0.5) is 11.5 Å². The summed E-state index contributed by atoms with van der Waals surface area (Å²) >= 11 is 0. The predicted octanol–water partition coefficient (Wildman–Crippen LogP) is 3.17. The average molecular weight is 318 g/mol. The number of pyridine rings is 1. The first kappa shape index (κ1) is 14.6. The topological polar surface area (TPSA) is 51.1 Å². The molecule has 0 amide bonds. The van der Waals surface area contributed by atoms with Crippen molar-refractivity contribution in [3.63, 3.8) is 0 Å². The van der Waals surface area contributed by atoms with Gasteiger partial charge in [-0.2, -0.15) is 0 Å². The molecule has 0 saturated carbocycles. The lowest BCUT2D eigenvalue weighted by Gasteiger charge is -2.19. The maximum absolute atomic E-state index is 5.00. The van der Waals surface area contributed by atoms with Crippen molar-refractivity contribution in [1.82, 2.24) is 15.0 Å². The lowest BCUT2D eigenvalue weighted by atomic mass is 10.1. The van der Waals surface area contributed by atoms with Gasteiger partial charge in [0.25, 0.3) is 0 Å². The third kappa shape index (κ3) is 2.80. The average Bonchev–Trinajstić information content (AvgIpc) is 3.07. The summed E-state index contributed by atoms with van der Waals surface area (Å²) in [6, 6.07) is 13.1. The van der Waals surface area contributed by atoms with E-state index < -0.39 is 0 Å². The van der Waals surface area contributed by atoms with Gasteiger partial charge in [0.15, 0.2) is 0 Å². The van der Waals surface area contributed by atoms with Crippen molar-refractivity contribution < 1.29 is 4.74 Å². The van der Waals surface area contributed by atoms with Crippen molar-refractivity contribution in [3.05, 3.63) is 71.7 Å². The predicted molar refractivity (Wildman–Crippen MR) is 92.8 cm³/mol. The maximum atomic E-state index is 5.00. The van der Waals surface area contributed by atoms with Gasteiger partial charge in [0.1, 0.15) is 5.82 Å². The Labute approximate surface area is 141 Å². The molecule has 0 spiro atoms. The Morgan fingerprint density at radius 3 is 2.71 bits per heavy atom. The van der Waals surface area contributed by atoms with E-state index in [0.29, 0.717) is 6.01 Å². The summed E-state index contributed by atoms with van der Waals surface area (Å²) in [4.78, 5) is 15.2. The maximum Gasteiger partial charge on any atom is 0.316 e. The zero-order valence-corrected chi connectivity index (χ0v) is 13.5. The lowest BCUT2D eigenvalue weighted by Crippen LogP contribution is -2.14. The summed E-state index contributed by atoms with van der Waals surface area (Å²) in [5.41, 5.74) is 4.89. The summed E-state index contributed by atoms with van der Waals surface area (Å²) in [6.07, 6.45) is 7.31. The molecular formula is C19H18N4O. The minimum absolute atomic E-state index is 0.392. The van der Waals surface area contributed by atoms with E-state index in [1.54, 1.807) is 19.5 Å². The van der Waals surface area contributed by atoms with Gasteiger partial charge >= 0.3 is 6.01 Å². The van der Waals surface area contributed by atoms with Crippen molar-refractivity contribution in [2.75, 3.05) is 18.6 Å². The Bertz CT molecular complexity index is 848. The van der Waals surface area contributed by atoms with Gasteiger partial charge in [0, 0.05) is 37.2 Å². The molecule has 5 nitrogen and oxygen atoms in total. The molecular weight excluding hydrogens is 300 g/mol. The van der Waals surface area contributed by atoms with E-state index in [9.17, 15) is 0 Å². The van der Waals surface area contributed by atoms with Crippen LogP contribution in [0.5, 0.6) is 6.01 Å². The summed E-state index contributed by atoms with van der Waals surface area (Å²) in [5.74, 6) is 0.992. The van der Waals surface area contributed by atoms with Crippen molar-refractivity contribution in [3.8, 4) is 6.01 Å². The second-order valence-corrected chi connectivity index (χ2v) is 5.81. The lowest BCUT2D eigenvalue weighted by molar-refractivity contribution is 0.379. The van der Waals surface area contributed by atoms with Crippen LogP contribution in [0.25, 0.3) is 0 Å². The third-order valence-electron chi connectivity index (χ3n) is 4.25. The molecule has 0 saturated heterocycles. The largest absolute Gasteiger partial charge is 0.467 e. The molecule has 2 aromatic heterocycles. The molecule has 0 atom stereocenters. The molecule has 1 aromatic carbocycles. The summed E-state index contributed by atoms with van der Waals surface area (Å²) in [6.45, 7) is 0.974. The number of para-hydroxylation sites is 1. The number of rotatable bonds is 4. The van der Waals surface area contributed by atoms with Crippen LogP contribution in [0.1, 0.15) is 16.7 Å². The van der Waals surface area contributed by atoms with Crippen LogP contribution in [-0.2, 0) is 12.8 Å². The van der Waals surface area contributed by atoms with Gasteiger partial charge < -0.3 is 9.64 Å². The molecule has 3 aromatic rings. The first-order valence-electron chi connectivity index (χ1n) is 7.99. The van der Waals surface area contributed by atoms with Crippen molar-refractivity contribution in [2.45, 2.75) is 12.8 Å². The number of anilines is 2. The Balaban J connectivity index is 1.58. The number of ether oxygens (including phenoxy) is 1. The van der Waals surface area contributed by atoms with E-state index >= 15 is 0 Å². The van der Waals surface area contributed by atoms with E-state index in [-0.39, 0.29) is 0 Å². The van der Waals surface area contributed by atoms with Crippen LogP contribution in [0.2, 0.25) is 0 Å². The van der Waals surface area contributed by atoms with Gasteiger partial charge in [0.05, 0.1) is 7.11 Å². The second-order valence-electron chi connectivity index (χ2n) is 5.81. The molecule has 0 N–H and O–H groups in total. The van der Waals surface area contributed by atoms with Gasteiger partial charge in [-0.1, -0.05) is 18.2 Å². The number of hydrogen-bond donors (Lipinski definition) is 0. The molecule has 5 heteroatoms. The van der Waals surface area contributed by atoms with E-state index in [2.05, 4.69) is 50.2 Å². The fourth-order valence-electron chi connectivity index (χ4n) is 3.07. The highest BCUT2D eigenvalue weighted by Crippen LogP contribution is 2.33. The Kier molecular flexibility index (Phi) is 3.83. The minimum Gasteiger partial charge on any atom is -0.467 e. The summed E-state index contributed by atoms with van der Waals surface area (Å²) in [5, 5.41) is 0. The molecule has 1 aliphatic rings. The van der Waals surface area contributed by atoms with E-state index in [1.165, 1.54) is 16.8 Å². The number of fused-ring (bicyclic) bond motifs is 1. The third-order valence-corrected chi connectivity index (χ3v) is 4.25. The van der Waals surface area contributed by atoms with Crippen LogP contribution in [0, 0.1) is 0 Å². The van der Waals surface area contributed by atoms with Crippen molar-refractivity contribution in [1.29, 1.82) is 0 Å². The molecule has 24 heavy (non-hydrogen) atoms. The SMILES string of the molecule is COc1ncc(Cc2ccnc(N3CCc4ccccc43)c2)cn1. The number of aromatic nitrogens is 3. The highest BCUT2D eigenvalue weighted by molar-refractivity contribution is 5.67. The fraction of sp³-hybridized carbons (Fsp3) is 0.211. The first-order chi connectivity index (χ1) is 11.8. The van der Waals surface area contributed by atoms with Crippen LogP contribution in [0.15, 0.2) is 55.0 Å². The number of benzene rings is 1. The van der Waals surface area contributed by atoms with Gasteiger partial charge in [0.2, 0.25) is 0 Å². The monoisotopic (exact) mass is 318 g/mol. The van der Waals surface area contributed by atoms with Gasteiger partial charge in [-0.15, -0.1) is 0 Å². The summed E-state index contributed by atoms with van der Waals surface area (Å²) < 4.78 is 5.00. The van der Waals surface area contributed by atoms with Gasteiger partial charge in [-0.25, -0.2) is 15.0 Å². The summed E-state index contributed by atoms with van der Waals surface area (Å²) in [7, 11) is 1.57.